The normalized spacial score (nSPS) is 18.9. The standard InChI is InChI=1S/C11H14ClN7O/c12-9-16-10(14-5-8-3-1-2-4-20-8)18-11(17-9)19-7-13-6-15-19/h6-8H,1-5H2,(H,14,16,17,18). The van der Waals surface area contributed by atoms with Gasteiger partial charge in [-0.3, -0.25) is 0 Å². The van der Waals surface area contributed by atoms with Gasteiger partial charge in [0.2, 0.25) is 11.2 Å². The Balaban J connectivity index is 1.69. The molecule has 1 unspecified atom stereocenters. The Kier molecular flexibility index (Phi) is 4.03. The van der Waals surface area contributed by atoms with Crippen molar-refractivity contribution in [2.75, 3.05) is 18.5 Å². The molecule has 1 fully saturated rings. The Morgan fingerprint density at radius 3 is 3.05 bits per heavy atom. The highest BCUT2D eigenvalue weighted by atomic mass is 35.5. The minimum absolute atomic E-state index is 0.109. The minimum Gasteiger partial charge on any atom is -0.376 e. The molecule has 1 aliphatic heterocycles. The predicted molar refractivity (Wildman–Crippen MR) is 71.8 cm³/mol. The van der Waals surface area contributed by atoms with Gasteiger partial charge in [-0.25, -0.2) is 4.98 Å². The molecular weight excluding hydrogens is 282 g/mol. The van der Waals surface area contributed by atoms with E-state index >= 15 is 0 Å². The van der Waals surface area contributed by atoms with E-state index in [1.165, 1.54) is 23.8 Å². The molecular formula is C11H14ClN7O. The SMILES string of the molecule is Clc1nc(NCC2CCCCO2)nc(-n2cncn2)n1. The quantitative estimate of drug-likeness (QED) is 0.902. The number of anilines is 1. The first-order chi connectivity index (χ1) is 9.81. The highest BCUT2D eigenvalue weighted by Gasteiger charge is 2.14. The van der Waals surface area contributed by atoms with Gasteiger partial charge in [0.1, 0.15) is 12.7 Å². The molecule has 0 amide bonds. The van der Waals surface area contributed by atoms with Gasteiger partial charge in [-0.1, -0.05) is 0 Å². The summed E-state index contributed by atoms with van der Waals surface area (Å²) < 4.78 is 7.06. The number of hydrogen-bond acceptors (Lipinski definition) is 7. The summed E-state index contributed by atoms with van der Waals surface area (Å²) in [6, 6.07) is 0. The summed E-state index contributed by atoms with van der Waals surface area (Å²) in [6.45, 7) is 1.46. The van der Waals surface area contributed by atoms with Crippen LogP contribution in [0.15, 0.2) is 12.7 Å². The van der Waals surface area contributed by atoms with E-state index in [4.69, 9.17) is 16.3 Å². The number of rotatable bonds is 4. The molecule has 3 heterocycles. The van der Waals surface area contributed by atoms with Crippen LogP contribution in [-0.2, 0) is 4.74 Å². The lowest BCUT2D eigenvalue weighted by Crippen LogP contribution is -2.27. The largest absolute Gasteiger partial charge is 0.376 e. The van der Waals surface area contributed by atoms with Gasteiger partial charge in [-0.05, 0) is 30.9 Å². The summed E-state index contributed by atoms with van der Waals surface area (Å²) in [4.78, 5) is 16.1. The molecule has 3 rings (SSSR count). The van der Waals surface area contributed by atoms with Gasteiger partial charge in [0.05, 0.1) is 6.10 Å². The van der Waals surface area contributed by atoms with Gasteiger partial charge in [-0.15, -0.1) is 0 Å². The van der Waals surface area contributed by atoms with Crippen LogP contribution >= 0.6 is 11.6 Å². The monoisotopic (exact) mass is 295 g/mol. The second-order valence-corrected chi connectivity index (χ2v) is 4.78. The lowest BCUT2D eigenvalue weighted by atomic mass is 10.1. The zero-order valence-electron chi connectivity index (χ0n) is 10.7. The van der Waals surface area contributed by atoms with Crippen LogP contribution in [0.25, 0.3) is 5.95 Å². The van der Waals surface area contributed by atoms with Gasteiger partial charge >= 0.3 is 0 Å². The summed E-state index contributed by atoms with van der Waals surface area (Å²) in [5.74, 6) is 0.735. The van der Waals surface area contributed by atoms with Crippen LogP contribution < -0.4 is 5.32 Å². The average molecular weight is 296 g/mol. The maximum atomic E-state index is 5.89. The van der Waals surface area contributed by atoms with Crippen molar-refractivity contribution in [1.82, 2.24) is 29.7 Å². The summed E-state index contributed by atoms with van der Waals surface area (Å²) in [5.41, 5.74) is 0. The highest BCUT2D eigenvalue weighted by molar-refractivity contribution is 6.28. The second kappa shape index (κ2) is 6.10. The van der Waals surface area contributed by atoms with E-state index in [2.05, 4.69) is 30.4 Å². The van der Waals surface area contributed by atoms with E-state index < -0.39 is 0 Å². The van der Waals surface area contributed by atoms with E-state index in [9.17, 15) is 0 Å². The molecule has 1 atom stereocenters. The van der Waals surface area contributed by atoms with Crippen molar-refractivity contribution in [3.63, 3.8) is 0 Å². The molecule has 1 aliphatic rings. The Labute approximate surface area is 120 Å². The lowest BCUT2D eigenvalue weighted by molar-refractivity contribution is 0.0246. The van der Waals surface area contributed by atoms with Gasteiger partial charge in [0, 0.05) is 13.2 Å². The second-order valence-electron chi connectivity index (χ2n) is 4.44. The summed E-state index contributed by atoms with van der Waals surface area (Å²) in [6.07, 6.45) is 6.45. The third-order valence-electron chi connectivity index (χ3n) is 2.98. The van der Waals surface area contributed by atoms with Gasteiger partial charge in [0.15, 0.2) is 0 Å². The molecule has 1 saturated heterocycles. The summed E-state index contributed by atoms with van der Waals surface area (Å²) in [5, 5.41) is 7.19. The van der Waals surface area contributed by atoms with Crippen molar-refractivity contribution >= 4 is 17.5 Å². The first-order valence-corrected chi connectivity index (χ1v) is 6.81. The molecule has 1 N–H and O–H groups in total. The molecule has 106 valence electrons. The smallest absolute Gasteiger partial charge is 0.258 e. The maximum absolute atomic E-state index is 5.89. The van der Waals surface area contributed by atoms with Crippen LogP contribution in [0.3, 0.4) is 0 Å². The Morgan fingerprint density at radius 2 is 2.30 bits per heavy atom. The van der Waals surface area contributed by atoms with E-state index in [0.29, 0.717) is 18.4 Å². The highest BCUT2D eigenvalue weighted by Crippen LogP contribution is 2.14. The molecule has 0 spiro atoms. The molecule has 9 heteroatoms. The lowest BCUT2D eigenvalue weighted by Gasteiger charge is -2.22. The number of ether oxygens (including phenoxy) is 1. The maximum Gasteiger partial charge on any atom is 0.258 e. The molecule has 0 aliphatic carbocycles. The van der Waals surface area contributed by atoms with E-state index in [-0.39, 0.29) is 11.4 Å². The Bertz CT molecular complexity index is 556. The fraction of sp³-hybridized carbons (Fsp3) is 0.545. The van der Waals surface area contributed by atoms with Crippen LogP contribution in [0.2, 0.25) is 5.28 Å². The zero-order valence-corrected chi connectivity index (χ0v) is 11.5. The minimum atomic E-state index is 0.109. The summed E-state index contributed by atoms with van der Waals surface area (Å²) in [7, 11) is 0. The van der Waals surface area contributed by atoms with E-state index in [0.717, 1.165) is 19.4 Å². The molecule has 2 aromatic heterocycles. The van der Waals surface area contributed by atoms with Crippen LogP contribution in [0.1, 0.15) is 19.3 Å². The zero-order chi connectivity index (χ0) is 13.8. The molecule has 0 saturated carbocycles. The van der Waals surface area contributed by atoms with Gasteiger partial charge < -0.3 is 10.1 Å². The predicted octanol–water partition coefficient (Wildman–Crippen LogP) is 1.09. The third kappa shape index (κ3) is 3.20. The Hall–Kier alpha value is -1.80. The van der Waals surface area contributed by atoms with Crippen LogP contribution in [0.4, 0.5) is 5.95 Å². The molecule has 8 nitrogen and oxygen atoms in total. The van der Waals surface area contributed by atoms with Crippen molar-refractivity contribution in [2.24, 2.45) is 0 Å². The molecule has 0 radical (unpaired) electrons. The fourth-order valence-electron chi connectivity index (χ4n) is 2.01. The Morgan fingerprint density at radius 1 is 1.35 bits per heavy atom. The number of halogens is 1. The first-order valence-electron chi connectivity index (χ1n) is 6.43. The first kappa shape index (κ1) is 13.2. The van der Waals surface area contributed by atoms with Gasteiger partial charge in [0.25, 0.3) is 5.95 Å². The fourth-order valence-corrected chi connectivity index (χ4v) is 2.16. The van der Waals surface area contributed by atoms with Crippen molar-refractivity contribution < 1.29 is 4.74 Å². The van der Waals surface area contributed by atoms with Crippen LogP contribution in [-0.4, -0.2) is 49.0 Å². The van der Waals surface area contributed by atoms with Crippen LogP contribution in [0.5, 0.6) is 0 Å². The van der Waals surface area contributed by atoms with Crippen LogP contribution in [0, 0.1) is 0 Å². The topological polar surface area (TPSA) is 90.6 Å². The molecule has 0 aromatic carbocycles. The van der Waals surface area contributed by atoms with E-state index in [1.54, 1.807) is 0 Å². The number of nitrogens with one attached hydrogen (secondary N) is 1. The van der Waals surface area contributed by atoms with Crippen molar-refractivity contribution in [1.29, 1.82) is 0 Å². The van der Waals surface area contributed by atoms with Crippen molar-refractivity contribution in [3.8, 4) is 5.95 Å². The third-order valence-corrected chi connectivity index (χ3v) is 3.15. The van der Waals surface area contributed by atoms with Crippen molar-refractivity contribution in [2.45, 2.75) is 25.4 Å². The van der Waals surface area contributed by atoms with Gasteiger partial charge in [-0.2, -0.15) is 24.7 Å². The molecule has 20 heavy (non-hydrogen) atoms. The molecule has 0 bridgehead atoms. The number of nitrogens with zero attached hydrogens (tertiary/aromatic N) is 6. The average Bonchev–Trinajstić information content (AvgIpc) is 3.00. The van der Waals surface area contributed by atoms with E-state index in [1.807, 2.05) is 0 Å². The molecule has 2 aromatic rings. The number of hydrogen-bond donors (Lipinski definition) is 1. The van der Waals surface area contributed by atoms with Crippen molar-refractivity contribution in [3.05, 3.63) is 17.9 Å². The summed E-state index contributed by atoms with van der Waals surface area (Å²) >= 11 is 5.89. The number of aromatic nitrogens is 6.